The molecule has 1 saturated heterocycles. The molecular formula is C24H36ClN3O4. The molecule has 0 radical (unpaired) electrons. The zero-order valence-electron chi connectivity index (χ0n) is 19.8. The Balaban J connectivity index is 1.84. The molecule has 1 fully saturated rings. The van der Waals surface area contributed by atoms with Crippen LogP contribution in [0.25, 0.3) is 0 Å². The zero-order valence-corrected chi connectivity index (χ0v) is 20.6. The molecule has 1 aliphatic rings. The van der Waals surface area contributed by atoms with E-state index in [1.54, 1.807) is 0 Å². The first kappa shape index (κ1) is 26.0. The van der Waals surface area contributed by atoms with E-state index < -0.39 is 11.7 Å². The zero-order chi connectivity index (χ0) is 23.7. The molecule has 32 heavy (non-hydrogen) atoms. The van der Waals surface area contributed by atoms with E-state index in [2.05, 4.69) is 24.3 Å². The molecule has 1 aromatic carbocycles. The average molecular weight is 466 g/mol. The van der Waals surface area contributed by atoms with Crippen LogP contribution in [-0.2, 0) is 21.0 Å². The third-order valence-electron chi connectivity index (χ3n) is 4.96. The van der Waals surface area contributed by atoms with E-state index in [0.717, 1.165) is 11.3 Å². The van der Waals surface area contributed by atoms with Crippen molar-refractivity contribution >= 4 is 29.3 Å². The standard InChI is InChI=1S/C24H36ClN3O4/c1-17(2)13-19(15-26-23(30)32-24(3,4)5)22(29)28-11-9-21(10-12-28)27-31-16-18-7-6-8-20(25)14-18/h6-8,14,17,19H,9-13,15-16H2,1-5H3,(H,26,30)/t19-/m0/s1. The van der Waals surface area contributed by atoms with Gasteiger partial charge in [-0.25, -0.2) is 4.79 Å². The summed E-state index contributed by atoms with van der Waals surface area (Å²) in [6.07, 6.45) is 1.56. The molecule has 0 unspecified atom stereocenters. The van der Waals surface area contributed by atoms with Crippen molar-refractivity contribution in [1.29, 1.82) is 0 Å². The Hall–Kier alpha value is -2.28. The van der Waals surface area contributed by atoms with Crippen LogP contribution < -0.4 is 5.32 Å². The van der Waals surface area contributed by atoms with Gasteiger partial charge in [-0.05, 0) is 50.8 Å². The van der Waals surface area contributed by atoms with Gasteiger partial charge in [0.15, 0.2) is 0 Å². The maximum absolute atomic E-state index is 13.1. The van der Waals surface area contributed by atoms with E-state index in [9.17, 15) is 9.59 Å². The SMILES string of the molecule is CC(C)C[C@@H](CNC(=O)OC(C)(C)C)C(=O)N1CCC(=NOCc2cccc(Cl)c2)CC1. The Bertz CT molecular complexity index is 795. The number of carbonyl (C=O) groups is 2. The second-order valence-corrected chi connectivity index (χ2v) is 10.0. The number of amides is 2. The number of hydrogen-bond acceptors (Lipinski definition) is 5. The molecule has 0 saturated carbocycles. The Kier molecular flexibility index (Phi) is 9.82. The summed E-state index contributed by atoms with van der Waals surface area (Å²) in [5.74, 6) is 0.125. The van der Waals surface area contributed by atoms with Crippen molar-refractivity contribution in [2.24, 2.45) is 17.0 Å². The number of likely N-dealkylation sites (tertiary alicyclic amines) is 1. The van der Waals surface area contributed by atoms with Gasteiger partial charge < -0.3 is 19.8 Å². The van der Waals surface area contributed by atoms with Crippen LogP contribution in [0.15, 0.2) is 29.4 Å². The smallest absolute Gasteiger partial charge is 0.407 e. The topological polar surface area (TPSA) is 80.2 Å². The van der Waals surface area contributed by atoms with Crippen LogP contribution in [0.2, 0.25) is 5.02 Å². The highest BCUT2D eigenvalue weighted by Gasteiger charge is 2.28. The quantitative estimate of drug-likeness (QED) is 0.546. The first-order valence-corrected chi connectivity index (χ1v) is 11.6. The Morgan fingerprint density at radius 2 is 1.91 bits per heavy atom. The second kappa shape index (κ2) is 12.1. The van der Waals surface area contributed by atoms with Gasteiger partial charge in [-0.3, -0.25) is 4.79 Å². The molecule has 7 nitrogen and oxygen atoms in total. The second-order valence-electron chi connectivity index (χ2n) is 9.60. The molecule has 1 aromatic rings. The lowest BCUT2D eigenvalue weighted by atomic mass is 9.94. The Morgan fingerprint density at radius 3 is 2.50 bits per heavy atom. The maximum Gasteiger partial charge on any atom is 0.407 e. The summed E-state index contributed by atoms with van der Waals surface area (Å²) in [6.45, 7) is 11.4. The molecule has 8 heteroatoms. The lowest BCUT2D eigenvalue weighted by Crippen LogP contribution is -2.46. The average Bonchev–Trinajstić information content (AvgIpc) is 2.70. The summed E-state index contributed by atoms with van der Waals surface area (Å²) in [5.41, 5.74) is 1.34. The number of benzene rings is 1. The third kappa shape index (κ3) is 9.47. The van der Waals surface area contributed by atoms with E-state index >= 15 is 0 Å². The fraction of sp³-hybridized carbons (Fsp3) is 0.625. The minimum Gasteiger partial charge on any atom is -0.444 e. The molecule has 2 amide bonds. The van der Waals surface area contributed by atoms with E-state index in [0.29, 0.717) is 49.9 Å². The van der Waals surface area contributed by atoms with Gasteiger partial charge in [-0.15, -0.1) is 0 Å². The van der Waals surface area contributed by atoms with Gasteiger partial charge in [-0.2, -0.15) is 0 Å². The predicted molar refractivity (Wildman–Crippen MR) is 127 cm³/mol. The summed E-state index contributed by atoms with van der Waals surface area (Å²) in [6, 6.07) is 7.49. The van der Waals surface area contributed by atoms with Crippen molar-refractivity contribution < 1.29 is 19.2 Å². The van der Waals surface area contributed by atoms with Crippen molar-refractivity contribution in [3.8, 4) is 0 Å². The summed E-state index contributed by atoms with van der Waals surface area (Å²) >= 11 is 5.98. The normalized spacial score (nSPS) is 15.3. The molecule has 1 heterocycles. The fourth-order valence-corrected chi connectivity index (χ4v) is 3.73. The fourth-order valence-electron chi connectivity index (χ4n) is 3.52. The van der Waals surface area contributed by atoms with Crippen molar-refractivity contribution in [1.82, 2.24) is 10.2 Å². The van der Waals surface area contributed by atoms with Gasteiger partial charge in [0.1, 0.15) is 12.2 Å². The van der Waals surface area contributed by atoms with Gasteiger partial charge >= 0.3 is 6.09 Å². The Morgan fingerprint density at radius 1 is 1.22 bits per heavy atom. The van der Waals surface area contributed by atoms with Gasteiger partial charge in [-0.1, -0.05) is 42.7 Å². The summed E-state index contributed by atoms with van der Waals surface area (Å²) in [4.78, 5) is 32.5. The molecule has 0 aliphatic carbocycles. The van der Waals surface area contributed by atoms with Crippen LogP contribution in [-0.4, -0.2) is 47.8 Å². The third-order valence-corrected chi connectivity index (χ3v) is 5.20. The number of ether oxygens (including phenoxy) is 1. The van der Waals surface area contributed by atoms with Crippen molar-refractivity contribution in [3.05, 3.63) is 34.9 Å². The van der Waals surface area contributed by atoms with E-state index in [1.165, 1.54) is 0 Å². The molecule has 1 aliphatic heterocycles. The number of piperidine rings is 1. The first-order valence-electron chi connectivity index (χ1n) is 11.2. The Labute approximate surface area is 196 Å². The van der Waals surface area contributed by atoms with Gasteiger partial charge in [0, 0.05) is 37.5 Å². The summed E-state index contributed by atoms with van der Waals surface area (Å²) in [7, 11) is 0. The van der Waals surface area contributed by atoms with Crippen molar-refractivity contribution in [3.63, 3.8) is 0 Å². The molecule has 0 bridgehead atoms. The number of carbonyl (C=O) groups excluding carboxylic acids is 2. The molecule has 1 atom stereocenters. The number of alkyl carbamates (subject to hydrolysis) is 1. The van der Waals surface area contributed by atoms with Crippen LogP contribution >= 0.6 is 11.6 Å². The molecule has 178 valence electrons. The van der Waals surface area contributed by atoms with Crippen LogP contribution in [0, 0.1) is 11.8 Å². The number of nitrogens with one attached hydrogen (secondary N) is 1. The highest BCUT2D eigenvalue weighted by Crippen LogP contribution is 2.18. The summed E-state index contributed by atoms with van der Waals surface area (Å²) < 4.78 is 5.30. The van der Waals surface area contributed by atoms with E-state index in [-0.39, 0.29) is 18.4 Å². The minimum atomic E-state index is -0.570. The van der Waals surface area contributed by atoms with E-state index in [1.807, 2.05) is 49.9 Å². The van der Waals surface area contributed by atoms with Gasteiger partial charge in [0.25, 0.3) is 0 Å². The van der Waals surface area contributed by atoms with Crippen molar-refractivity contribution in [2.45, 2.75) is 66.1 Å². The number of nitrogens with zero attached hydrogens (tertiary/aromatic N) is 2. The van der Waals surface area contributed by atoms with Crippen LogP contribution in [0.5, 0.6) is 0 Å². The van der Waals surface area contributed by atoms with Gasteiger partial charge in [0.2, 0.25) is 5.91 Å². The van der Waals surface area contributed by atoms with Crippen LogP contribution in [0.1, 0.15) is 59.4 Å². The van der Waals surface area contributed by atoms with Crippen LogP contribution in [0.3, 0.4) is 0 Å². The highest BCUT2D eigenvalue weighted by atomic mass is 35.5. The molecule has 0 spiro atoms. The highest BCUT2D eigenvalue weighted by molar-refractivity contribution is 6.30. The lowest BCUT2D eigenvalue weighted by molar-refractivity contribution is -0.136. The first-order chi connectivity index (χ1) is 15.0. The molecule has 1 N–H and O–H groups in total. The largest absolute Gasteiger partial charge is 0.444 e. The van der Waals surface area contributed by atoms with Crippen molar-refractivity contribution in [2.75, 3.05) is 19.6 Å². The molecular weight excluding hydrogens is 430 g/mol. The maximum atomic E-state index is 13.1. The van der Waals surface area contributed by atoms with Crippen LogP contribution in [0.4, 0.5) is 4.79 Å². The monoisotopic (exact) mass is 465 g/mol. The minimum absolute atomic E-state index is 0.0636. The number of halogens is 1. The molecule has 0 aromatic heterocycles. The number of hydrogen-bond donors (Lipinski definition) is 1. The van der Waals surface area contributed by atoms with E-state index in [4.69, 9.17) is 21.2 Å². The lowest BCUT2D eigenvalue weighted by Gasteiger charge is -2.31. The summed E-state index contributed by atoms with van der Waals surface area (Å²) in [5, 5.41) is 7.68. The van der Waals surface area contributed by atoms with Gasteiger partial charge in [0.05, 0.1) is 11.6 Å². The number of rotatable bonds is 8. The molecule has 2 rings (SSSR count). The number of oxime groups is 1. The predicted octanol–water partition coefficient (Wildman–Crippen LogP) is 5.02.